The van der Waals surface area contributed by atoms with Gasteiger partial charge in [-0.15, -0.1) is 11.3 Å². The van der Waals surface area contributed by atoms with Crippen molar-refractivity contribution >= 4 is 11.3 Å². The zero-order valence-corrected chi connectivity index (χ0v) is 14.4. The molecule has 0 spiro atoms. The van der Waals surface area contributed by atoms with Crippen LogP contribution in [0, 0.1) is 0 Å². The summed E-state index contributed by atoms with van der Waals surface area (Å²) in [6.45, 7) is 2.25. The average molecular weight is 322 g/mol. The predicted molar refractivity (Wildman–Crippen MR) is 98.6 cm³/mol. The summed E-state index contributed by atoms with van der Waals surface area (Å²) in [7, 11) is 0. The Labute approximate surface area is 142 Å². The van der Waals surface area contributed by atoms with E-state index < -0.39 is 0 Å². The van der Waals surface area contributed by atoms with Gasteiger partial charge in [-0.2, -0.15) is 0 Å². The van der Waals surface area contributed by atoms with Crippen molar-refractivity contribution in [1.29, 1.82) is 0 Å². The third-order valence-corrected chi connectivity index (χ3v) is 5.10. The highest BCUT2D eigenvalue weighted by atomic mass is 32.1. The molecule has 0 aliphatic heterocycles. The van der Waals surface area contributed by atoms with Crippen molar-refractivity contribution in [3.05, 3.63) is 59.7 Å². The Balaban J connectivity index is 1.81. The fraction of sp³-hybridized carbons (Fsp3) is 0.300. The largest absolute Gasteiger partial charge is 0.255 e. The van der Waals surface area contributed by atoms with Gasteiger partial charge in [0, 0.05) is 27.7 Å². The second-order valence-corrected chi connectivity index (χ2v) is 6.86. The third-order valence-electron chi connectivity index (χ3n) is 3.92. The van der Waals surface area contributed by atoms with Crippen LogP contribution in [0.25, 0.3) is 21.8 Å². The summed E-state index contributed by atoms with van der Waals surface area (Å²) in [5.41, 5.74) is 3.07. The van der Waals surface area contributed by atoms with Crippen LogP contribution in [0.1, 0.15) is 37.5 Å². The van der Waals surface area contributed by atoms with Crippen LogP contribution < -0.4 is 0 Å². The van der Waals surface area contributed by atoms with Gasteiger partial charge in [-0.1, -0.05) is 32.3 Å². The second-order valence-electron chi connectivity index (χ2n) is 5.69. The third kappa shape index (κ3) is 4.05. The molecular weight excluding hydrogens is 300 g/mol. The van der Waals surface area contributed by atoms with Crippen molar-refractivity contribution in [2.45, 2.75) is 39.0 Å². The van der Waals surface area contributed by atoms with Crippen LogP contribution in [0.5, 0.6) is 0 Å². The maximum absolute atomic E-state index is 4.57. The lowest BCUT2D eigenvalue weighted by Gasteiger charge is -2.05. The van der Waals surface area contributed by atoms with Crippen molar-refractivity contribution in [2.75, 3.05) is 0 Å². The van der Waals surface area contributed by atoms with E-state index in [0.29, 0.717) is 0 Å². The average Bonchev–Trinajstić information content (AvgIpc) is 3.08. The summed E-state index contributed by atoms with van der Waals surface area (Å²) in [5, 5.41) is 0. The minimum Gasteiger partial charge on any atom is -0.255 e. The summed E-state index contributed by atoms with van der Waals surface area (Å²) < 4.78 is 0. The number of pyridine rings is 2. The van der Waals surface area contributed by atoms with Crippen molar-refractivity contribution in [3.8, 4) is 21.8 Å². The molecule has 2 nitrogen and oxygen atoms in total. The Hall–Kier alpha value is -2.00. The van der Waals surface area contributed by atoms with Crippen LogP contribution in [0.15, 0.2) is 54.9 Å². The molecular formula is C20H22N2S. The molecule has 0 saturated carbocycles. The van der Waals surface area contributed by atoms with E-state index in [0.717, 1.165) is 11.4 Å². The van der Waals surface area contributed by atoms with Gasteiger partial charge in [0.05, 0.1) is 11.4 Å². The fourth-order valence-corrected chi connectivity index (χ4v) is 3.77. The zero-order valence-electron chi connectivity index (χ0n) is 13.5. The van der Waals surface area contributed by atoms with E-state index in [1.54, 1.807) is 0 Å². The molecule has 0 aliphatic carbocycles. The highest BCUT2D eigenvalue weighted by molar-refractivity contribution is 7.15. The van der Waals surface area contributed by atoms with E-state index in [9.17, 15) is 0 Å². The smallest absolute Gasteiger partial charge is 0.0972 e. The second kappa shape index (κ2) is 8.02. The lowest BCUT2D eigenvalue weighted by atomic mass is 10.1. The molecule has 0 aliphatic rings. The molecule has 3 aromatic rings. The van der Waals surface area contributed by atoms with Crippen molar-refractivity contribution in [3.63, 3.8) is 0 Å². The van der Waals surface area contributed by atoms with Crippen LogP contribution in [0.4, 0.5) is 0 Å². The SMILES string of the molecule is CCCCCCc1ccc(-c2cccnc2-c2ccccn2)s1. The molecule has 3 rings (SSSR count). The number of nitrogens with zero attached hydrogens (tertiary/aromatic N) is 2. The van der Waals surface area contributed by atoms with Gasteiger partial charge >= 0.3 is 0 Å². The molecule has 0 bridgehead atoms. The molecule has 118 valence electrons. The van der Waals surface area contributed by atoms with Gasteiger partial charge in [0.2, 0.25) is 0 Å². The standard InChI is InChI=1S/C20H22N2S/c1-2-3-4-5-9-16-12-13-19(23-16)17-10-8-15-22-20(17)18-11-6-7-14-21-18/h6-8,10-15H,2-5,9H2,1H3. The molecule has 3 aromatic heterocycles. The van der Waals surface area contributed by atoms with Crippen LogP contribution in [0.2, 0.25) is 0 Å². The minimum atomic E-state index is 0.931. The number of hydrogen-bond donors (Lipinski definition) is 0. The van der Waals surface area contributed by atoms with E-state index in [1.807, 2.05) is 48.0 Å². The van der Waals surface area contributed by atoms with E-state index in [4.69, 9.17) is 0 Å². The molecule has 0 fully saturated rings. The number of thiophene rings is 1. The Kier molecular flexibility index (Phi) is 5.54. The van der Waals surface area contributed by atoms with Gasteiger partial charge in [-0.05, 0) is 49.2 Å². The first-order valence-electron chi connectivity index (χ1n) is 8.34. The topological polar surface area (TPSA) is 25.8 Å². The normalized spacial score (nSPS) is 10.8. The first-order valence-corrected chi connectivity index (χ1v) is 9.15. The molecule has 0 atom stereocenters. The van der Waals surface area contributed by atoms with Crippen LogP contribution >= 0.6 is 11.3 Å². The van der Waals surface area contributed by atoms with E-state index in [1.165, 1.54) is 47.4 Å². The minimum absolute atomic E-state index is 0.931. The van der Waals surface area contributed by atoms with Gasteiger partial charge in [-0.25, -0.2) is 0 Å². The quantitative estimate of drug-likeness (QED) is 0.499. The van der Waals surface area contributed by atoms with Gasteiger partial charge in [-0.3, -0.25) is 9.97 Å². The number of aryl methyl sites for hydroxylation is 1. The summed E-state index contributed by atoms with van der Waals surface area (Å²) in [4.78, 5) is 11.8. The number of hydrogen-bond acceptors (Lipinski definition) is 3. The molecule has 0 unspecified atom stereocenters. The van der Waals surface area contributed by atoms with Crippen LogP contribution in [0.3, 0.4) is 0 Å². The van der Waals surface area contributed by atoms with Gasteiger partial charge in [0.15, 0.2) is 0 Å². The summed E-state index contributed by atoms with van der Waals surface area (Å²) in [6, 6.07) is 14.6. The van der Waals surface area contributed by atoms with Gasteiger partial charge in [0.1, 0.15) is 0 Å². The van der Waals surface area contributed by atoms with E-state index in [-0.39, 0.29) is 0 Å². The Morgan fingerprint density at radius 2 is 1.78 bits per heavy atom. The Morgan fingerprint density at radius 3 is 2.61 bits per heavy atom. The maximum Gasteiger partial charge on any atom is 0.0972 e. The fourth-order valence-electron chi connectivity index (χ4n) is 2.69. The molecule has 0 amide bonds. The number of aromatic nitrogens is 2. The lowest BCUT2D eigenvalue weighted by molar-refractivity contribution is 0.670. The highest BCUT2D eigenvalue weighted by Gasteiger charge is 2.11. The van der Waals surface area contributed by atoms with Crippen molar-refractivity contribution in [2.24, 2.45) is 0 Å². The lowest BCUT2D eigenvalue weighted by Crippen LogP contribution is -1.89. The van der Waals surface area contributed by atoms with Crippen LogP contribution in [-0.4, -0.2) is 9.97 Å². The molecule has 23 heavy (non-hydrogen) atoms. The van der Waals surface area contributed by atoms with Gasteiger partial charge in [0.25, 0.3) is 0 Å². The Bertz CT molecular complexity index is 734. The molecule has 0 saturated heterocycles. The molecule has 0 radical (unpaired) electrons. The van der Waals surface area contributed by atoms with Crippen molar-refractivity contribution < 1.29 is 0 Å². The monoisotopic (exact) mass is 322 g/mol. The molecule has 3 heterocycles. The first-order chi connectivity index (χ1) is 11.4. The molecule has 0 N–H and O–H groups in total. The van der Waals surface area contributed by atoms with Crippen LogP contribution in [-0.2, 0) is 6.42 Å². The summed E-state index contributed by atoms with van der Waals surface area (Å²) in [5.74, 6) is 0. The molecule has 0 aromatic carbocycles. The Morgan fingerprint density at radius 1 is 0.870 bits per heavy atom. The first kappa shape index (κ1) is 15.9. The van der Waals surface area contributed by atoms with E-state index in [2.05, 4.69) is 35.1 Å². The van der Waals surface area contributed by atoms with Gasteiger partial charge < -0.3 is 0 Å². The highest BCUT2D eigenvalue weighted by Crippen LogP contribution is 2.34. The summed E-state index contributed by atoms with van der Waals surface area (Å²) >= 11 is 1.89. The molecule has 3 heteroatoms. The van der Waals surface area contributed by atoms with E-state index >= 15 is 0 Å². The predicted octanol–water partition coefficient (Wildman–Crippen LogP) is 5.99. The van der Waals surface area contributed by atoms with Crippen molar-refractivity contribution in [1.82, 2.24) is 9.97 Å². The number of unbranched alkanes of at least 4 members (excludes halogenated alkanes) is 3. The summed E-state index contributed by atoms with van der Waals surface area (Å²) in [6.07, 6.45) is 10.1. The maximum atomic E-state index is 4.57. The number of rotatable bonds is 7. The zero-order chi connectivity index (χ0) is 15.9.